The van der Waals surface area contributed by atoms with Gasteiger partial charge in [0.2, 0.25) is 5.91 Å². The van der Waals surface area contributed by atoms with Crippen molar-refractivity contribution in [3.05, 3.63) is 59.1 Å². The van der Waals surface area contributed by atoms with Crippen molar-refractivity contribution in [3.8, 4) is 0 Å². The van der Waals surface area contributed by atoms with Gasteiger partial charge in [-0.1, -0.05) is 17.7 Å². The molecule has 0 unspecified atom stereocenters. The van der Waals surface area contributed by atoms with Crippen LogP contribution < -0.4 is 4.90 Å². The van der Waals surface area contributed by atoms with Crippen molar-refractivity contribution in [1.82, 2.24) is 4.98 Å². The quantitative estimate of drug-likeness (QED) is 0.852. The van der Waals surface area contributed by atoms with Crippen LogP contribution in [0, 0.1) is 11.7 Å². The first-order chi connectivity index (χ1) is 10.6. The van der Waals surface area contributed by atoms with Gasteiger partial charge in [-0.3, -0.25) is 9.78 Å². The maximum Gasteiger partial charge on any atom is 0.230 e. The summed E-state index contributed by atoms with van der Waals surface area (Å²) in [5.74, 6) is -0.427. The van der Waals surface area contributed by atoms with Crippen LogP contribution in [-0.2, 0) is 4.79 Å². The Morgan fingerprint density at radius 2 is 2.27 bits per heavy atom. The SMILES string of the molecule is CCN(C(=O)[C@@H]1C[C@H]1c1cccnc1)c1ccc(Cl)cc1F. The molecule has 0 spiro atoms. The smallest absolute Gasteiger partial charge is 0.230 e. The Labute approximate surface area is 133 Å². The Hall–Kier alpha value is -1.94. The van der Waals surface area contributed by atoms with E-state index in [1.807, 2.05) is 19.1 Å². The number of carbonyl (C=O) groups is 1. The van der Waals surface area contributed by atoms with E-state index in [1.165, 1.54) is 11.0 Å². The summed E-state index contributed by atoms with van der Waals surface area (Å²) in [5, 5.41) is 0.324. The van der Waals surface area contributed by atoms with E-state index in [0.717, 1.165) is 12.0 Å². The topological polar surface area (TPSA) is 33.2 Å². The Kier molecular flexibility index (Phi) is 4.12. The fourth-order valence-corrected chi connectivity index (χ4v) is 2.94. The average molecular weight is 319 g/mol. The van der Waals surface area contributed by atoms with Crippen molar-refractivity contribution in [3.63, 3.8) is 0 Å². The van der Waals surface area contributed by atoms with Gasteiger partial charge >= 0.3 is 0 Å². The maximum atomic E-state index is 14.1. The summed E-state index contributed by atoms with van der Waals surface area (Å²) in [6.45, 7) is 2.26. The molecule has 0 N–H and O–H groups in total. The zero-order chi connectivity index (χ0) is 15.7. The third-order valence-electron chi connectivity index (χ3n) is 4.00. The number of aromatic nitrogens is 1. The van der Waals surface area contributed by atoms with E-state index < -0.39 is 5.82 Å². The first kappa shape index (κ1) is 15.0. The fraction of sp³-hybridized carbons (Fsp3) is 0.294. The Balaban J connectivity index is 1.79. The molecular formula is C17H16ClFN2O. The van der Waals surface area contributed by atoms with Gasteiger partial charge in [0.15, 0.2) is 0 Å². The summed E-state index contributed by atoms with van der Waals surface area (Å²) in [6.07, 6.45) is 4.29. The van der Waals surface area contributed by atoms with Crippen LogP contribution in [0.4, 0.5) is 10.1 Å². The van der Waals surface area contributed by atoms with Crippen LogP contribution in [0.2, 0.25) is 5.02 Å². The third-order valence-corrected chi connectivity index (χ3v) is 4.24. The van der Waals surface area contributed by atoms with Gasteiger partial charge in [-0.05, 0) is 49.1 Å². The van der Waals surface area contributed by atoms with Crippen molar-refractivity contribution in [2.24, 2.45) is 5.92 Å². The van der Waals surface area contributed by atoms with E-state index >= 15 is 0 Å². The number of rotatable bonds is 4. The minimum absolute atomic E-state index is 0.0439. The van der Waals surface area contributed by atoms with Gasteiger partial charge in [0.1, 0.15) is 5.82 Å². The standard InChI is InChI=1S/C17H16ClFN2O/c1-2-21(16-6-5-12(18)8-15(16)19)17(22)14-9-13(14)11-4-3-7-20-10-11/h3-8,10,13-14H,2,9H2,1H3/t13-,14+/m0/s1. The van der Waals surface area contributed by atoms with Crippen molar-refractivity contribution in [2.75, 3.05) is 11.4 Å². The zero-order valence-electron chi connectivity index (χ0n) is 12.2. The molecule has 5 heteroatoms. The van der Waals surface area contributed by atoms with Crippen molar-refractivity contribution in [1.29, 1.82) is 0 Å². The molecule has 22 heavy (non-hydrogen) atoms. The van der Waals surface area contributed by atoms with Crippen LogP contribution in [0.15, 0.2) is 42.7 Å². The van der Waals surface area contributed by atoms with E-state index in [4.69, 9.17) is 11.6 Å². The van der Waals surface area contributed by atoms with Crippen LogP contribution >= 0.6 is 11.6 Å². The summed E-state index contributed by atoms with van der Waals surface area (Å²) in [6, 6.07) is 8.23. The minimum atomic E-state index is -0.471. The molecule has 2 atom stereocenters. The highest BCUT2D eigenvalue weighted by molar-refractivity contribution is 6.30. The van der Waals surface area contributed by atoms with E-state index in [2.05, 4.69) is 4.98 Å². The molecule has 2 aromatic rings. The molecule has 1 aromatic heterocycles. The number of hydrogen-bond donors (Lipinski definition) is 0. The molecule has 1 fully saturated rings. The van der Waals surface area contributed by atoms with Crippen LogP contribution in [-0.4, -0.2) is 17.4 Å². The van der Waals surface area contributed by atoms with Crippen LogP contribution in [0.3, 0.4) is 0 Å². The second kappa shape index (κ2) is 6.05. The number of benzene rings is 1. The first-order valence-electron chi connectivity index (χ1n) is 7.28. The van der Waals surface area contributed by atoms with E-state index in [9.17, 15) is 9.18 Å². The predicted molar refractivity (Wildman–Crippen MR) is 84.5 cm³/mol. The first-order valence-corrected chi connectivity index (χ1v) is 7.66. The van der Waals surface area contributed by atoms with Crippen molar-refractivity contribution < 1.29 is 9.18 Å². The number of carbonyl (C=O) groups excluding carboxylic acids is 1. The molecule has 3 rings (SSSR count). The van der Waals surface area contributed by atoms with Gasteiger partial charge in [0.25, 0.3) is 0 Å². The summed E-state index contributed by atoms with van der Waals surface area (Å²) >= 11 is 5.77. The lowest BCUT2D eigenvalue weighted by Crippen LogP contribution is -2.33. The molecule has 1 aliphatic rings. The Morgan fingerprint density at radius 3 is 2.91 bits per heavy atom. The van der Waals surface area contributed by atoms with Gasteiger partial charge in [0, 0.05) is 29.9 Å². The Bertz CT molecular complexity index is 692. The second-order valence-corrected chi connectivity index (χ2v) is 5.85. The van der Waals surface area contributed by atoms with Crippen molar-refractivity contribution in [2.45, 2.75) is 19.3 Å². The molecule has 1 amide bonds. The monoisotopic (exact) mass is 318 g/mol. The van der Waals surface area contributed by atoms with E-state index in [-0.39, 0.29) is 23.4 Å². The molecule has 0 bridgehead atoms. The molecule has 1 aromatic carbocycles. The number of nitrogens with zero attached hydrogens (tertiary/aromatic N) is 2. The average Bonchev–Trinajstić information content (AvgIpc) is 3.31. The van der Waals surface area contributed by atoms with Gasteiger partial charge in [-0.15, -0.1) is 0 Å². The maximum absolute atomic E-state index is 14.1. The zero-order valence-corrected chi connectivity index (χ0v) is 12.9. The summed E-state index contributed by atoms with van der Waals surface area (Å²) in [5.41, 5.74) is 1.35. The highest BCUT2D eigenvalue weighted by atomic mass is 35.5. The summed E-state index contributed by atoms with van der Waals surface area (Å²) in [7, 11) is 0. The molecular weight excluding hydrogens is 303 g/mol. The lowest BCUT2D eigenvalue weighted by atomic mass is 10.1. The van der Waals surface area contributed by atoms with Crippen LogP contribution in [0.25, 0.3) is 0 Å². The molecule has 0 saturated heterocycles. The normalized spacial score (nSPS) is 19.8. The summed E-state index contributed by atoms with van der Waals surface area (Å²) in [4.78, 5) is 18.2. The van der Waals surface area contributed by atoms with Crippen molar-refractivity contribution >= 4 is 23.2 Å². The minimum Gasteiger partial charge on any atom is -0.310 e. The number of amides is 1. The van der Waals surface area contributed by atoms with Gasteiger partial charge in [-0.2, -0.15) is 0 Å². The highest BCUT2D eigenvalue weighted by Gasteiger charge is 2.46. The van der Waals surface area contributed by atoms with E-state index in [0.29, 0.717) is 11.6 Å². The summed E-state index contributed by atoms with van der Waals surface area (Å²) < 4.78 is 14.1. The molecule has 0 aliphatic heterocycles. The molecule has 114 valence electrons. The lowest BCUT2D eigenvalue weighted by molar-refractivity contribution is -0.119. The molecule has 0 radical (unpaired) electrons. The lowest BCUT2D eigenvalue weighted by Gasteiger charge is -2.22. The number of hydrogen-bond acceptors (Lipinski definition) is 2. The molecule has 3 nitrogen and oxygen atoms in total. The highest BCUT2D eigenvalue weighted by Crippen LogP contribution is 2.48. The van der Waals surface area contributed by atoms with Gasteiger partial charge < -0.3 is 4.90 Å². The molecule has 1 heterocycles. The number of pyridine rings is 1. The second-order valence-electron chi connectivity index (χ2n) is 5.41. The van der Waals surface area contributed by atoms with Crippen LogP contribution in [0.1, 0.15) is 24.8 Å². The van der Waals surface area contributed by atoms with E-state index in [1.54, 1.807) is 24.5 Å². The number of halogens is 2. The largest absolute Gasteiger partial charge is 0.310 e. The molecule has 1 saturated carbocycles. The Morgan fingerprint density at radius 1 is 1.45 bits per heavy atom. The van der Waals surface area contributed by atoms with Gasteiger partial charge in [0.05, 0.1) is 5.69 Å². The fourth-order valence-electron chi connectivity index (χ4n) is 2.78. The van der Waals surface area contributed by atoms with Gasteiger partial charge in [-0.25, -0.2) is 4.39 Å². The molecule has 1 aliphatic carbocycles. The number of anilines is 1. The predicted octanol–water partition coefficient (Wildman–Crippen LogP) is 4.03. The third kappa shape index (κ3) is 2.83. The van der Waals surface area contributed by atoms with Crippen LogP contribution in [0.5, 0.6) is 0 Å².